The Bertz CT molecular complexity index is 941. The summed E-state index contributed by atoms with van der Waals surface area (Å²) in [6, 6.07) is 11.6. The van der Waals surface area contributed by atoms with Crippen molar-refractivity contribution < 1.29 is 13.3 Å². The van der Waals surface area contributed by atoms with Gasteiger partial charge in [-0.3, -0.25) is 10.1 Å². The van der Waals surface area contributed by atoms with Crippen LogP contribution in [0.15, 0.2) is 47.4 Å². The number of piperazine rings is 1. The number of para-hydroxylation sites is 1. The van der Waals surface area contributed by atoms with Crippen LogP contribution in [0, 0.1) is 17.0 Å². The summed E-state index contributed by atoms with van der Waals surface area (Å²) in [7, 11) is -3.80. The molecule has 7 nitrogen and oxygen atoms in total. The molecule has 2 aromatic carbocycles. The lowest BCUT2D eigenvalue weighted by atomic mass is 10.2. The molecule has 26 heavy (non-hydrogen) atoms. The summed E-state index contributed by atoms with van der Waals surface area (Å²) < 4.78 is 27.3. The van der Waals surface area contributed by atoms with Crippen molar-refractivity contribution in [3.05, 3.63) is 63.2 Å². The molecule has 0 N–H and O–H groups in total. The zero-order chi connectivity index (χ0) is 18.9. The molecule has 1 aliphatic heterocycles. The molecule has 0 bridgehead atoms. The van der Waals surface area contributed by atoms with Gasteiger partial charge in [0, 0.05) is 37.8 Å². The van der Waals surface area contributed by atoms with Crippen molar-refractivity contribution in [3.8, 4) is 0 Å². The van der Waals surface area contributed by atoms with Crippen molar-refractivity contribution in [1.82, 2.24) is 4.31 Å². The number of nitro groups is 1. The maximum Gasteiger partial charge on any atom is 0.273 e. The van der Waals surface area contributed by atoms with Crippen LogP contribution in [0.2, 0.25) is 5.02 Å². The maximum atomic E-state index is 13.0. The Morgan fingerprint density at radius 3 is 2.31 bits per heavy atom. The van der Waals surface area contributed by atoms with Crippen LogP contribution in [0.25, 0.3) is 0 Å². The Balaban J connectivity index is 1.82. The van der Waals surface area contributed by atoms with Gasteiger partial charge >= 0.3 is 0 Å². The lowest BCUT2D eigenvalue weighted by Crippen LogP contribution is -2.48. The van der Waals surface area contributed by atoms with Gasteiger partial charge in [0.1, 0.15) is 0 Å². The third-order valence-electron chi connectivity index (χ3n) is 4.50. The summed E-state index contributed by atoms with van der Waals surface area (Å²) in [4.78, 5) is 12.5. The molecule has 0 saturated carbocycles. The topological polar surface area (TPSA) is 83.8 Å². The molecule has 1 aliphatic rings. The predicted octanol–water partition coefficient (Wildman–Crippen LogP) is 3.07. The number of hydrogen-bond acceptors (Lipinski definition) is 5. The number of nitro benzene ring substituents is 1. The highest BCUT2D eigenvalue weighted by atomic mass is 35.5. The summed E-state index contributed by atoms with van der Waals surface area (Å²) >= 11 is 6.21. The number of anilines is 1. The van der Waals surface area contributed by atoms with E-state index in [0.717, 1.165) is 5.69 Å². The number of sulfonamides is 1. The van der Waals surface area contributed by atoms with Gasteiger partial charge in [0.25, 0.3) is 5.69 Å². The van der Waals surface area contributed by atoms with E-state index >= 15 is 0 Å². The van der Waals surface area contributed by atoms with Crippen LogP contribution in [-0.2, 0) is 10.0 Å². The third-order valence-corrected chi connectivity index (χ3v) is 6.86. The molecule has 1 fully saturated rings. The van der Waals surface area contributed by atoms with Crippen LogP contribution >= 0.6 is 11.6 Å². The summed E-state index contributed by atoms with van der Waals surface area (Å²) in [6.07, 6.45) is 0. The average Bonchev–Trinajstić information content (AvgIpc) is 2.62. The molecule has 0 atom stereocenters. The van der Waals surface area contributed by atoms with Crippen LogP contribution in [-0.4, -0.2) is 43.8 Å². The summed E-state index contributed by atoms with van der Waals surface area (Å²) in [5.74, 6) is 0. The molecule has 138 valence electrons. The van der Waals surface area contributed by atoms with Gasteiger partial charge in [-0.2, -0.15) is 4.31 Å². The highest BCUT2D eigenvalue weighted by molar-refractivity contribution is 7.89. The summed E-state index contributed by atoms with van der Waals surface area (Å²) in [6.45, 7) is 3.03. The van der Waals surface area contributed by atoms with E-state index < -0.39 is 14.9 Å². The smallest absolute Gasteiger partial charge is 0.273 e. The molecule has 3 rings (SSSR count). The Kier molecular flexibility index (Phi) is 5.17. The zero-order valence-electron chi connectivity index (χ0n) is 14.1. The molecule has 0 unspecified atom stereocenters. The Hall–Kier alpha value is -2.16. The van der Waals surface area contributed by atoms with E-state index in [4.69, 9.17) is 11.6 Å². The minimum atomic E-state index is -3.80. The van der Waals surface area contributed by atoms with Crippen LogP contribution in [0.1, 0.15) is 5.56 Å². The molecule has 0 radical (unpaired) electrons. The second-order valence-corrected chi connectivity index (χ2v) is 8.31. The van der Waals surface area contributed by atoms with Crippen molar-refractivity contribution >= 4 is 33.0 Å². The van der Waals surface area contributed by atoms with E-state index in [0.29, 0.717) is 18.1 Å². The minimum absolute atomic E-state index is 0.0158. The largest absolute Gasteiger partial charge is 0.368 e. The number of benzene rings is 2. The lowest BCUT2D eigenvalue weighted by molar-refractivity contribution is -0.385. The first kappa shape index (κ1) is 18.6. The van der Waals surface area contributed by atoms with E-state index in [9.17, 15) is 18.5 Å². The fourth-order valence-corrected chi connectivity index (χ4v) is 5.02. The van der Waals surface area contributed by atoms with Gasteiger partial charge < -0.3 is 4.90 Å². The third kappa shape index (κ3) is 3.40. The fraction of sp³-hybridized carbons (Fsp3) is 0.294. The van der Waals surface area contributed by atoms with E-state index in [1.807, 2.05) is 23.1 Å². The second-order valence-electron chi connectivity index (χ2n) is 6.00. The average molecular weight is 396 g/mol. The van der Waals surface area contributed by atoms with Gasteiger partial charge in [0.2, 0.25) is 10.0 Å². The standard InChI is InChI=1S/C17H18ClN3O4S/c1-13-15(21(22)23)7-4-8-17(13)26(24,25)20-11-9-19(10-12-20)16-6-3-2-5-14(16)18/h2-8H,9-12H2,1H3. The molecule has 0 spiro atoms. The SMILES string of the molecule is Cc1c([N+](=O)[O-])cccc1S(=O)(=O)N1CCN(c2ccccc2Cl)CC1. The van der Waals surface area contributed by atoms with Crippen molar-refractivity contribution in [2.75, 3.05) is 31.1 Å². The minimum Gasteiger partial charge on any atom is -0.368 e. The fourth-order valence-electron chi connectivity index (χ4n) is 3.10. The van der Waals surface area contributed by atoms with Crippen molar-refractivity contribution in [2.45, 2.75) is 11.8 Å². The number of hydrogen-bond donors (Lipinski definition) is 0. The molecule has 0 aliphatic carbocycles. The van der Waals surface area contributed by atoms with Crippen molar-refractivity contribution in [1.29, 1.82) is 0 Å². The van der Waals surface area contributed by atoms with Gasteiger partial charge in [0.05, 0.1) is 20.5 Å². The monoisotopic (exact) mass is 395 g/mol. The van der Waals surface area contributed by atoms with Gasteiger partial charge in [-0.1, -0.05) is 29.8 Å². The highest BCUT2D eigenvalue weighted by Crippen LogP contribution is 2.30. The number of halogens is 1. The molecule has 9 heteroatoms. The molecule has 2 aromatic rings. The van der Waals surface area contributed by atoms with Crippen molar-refractivity contribution in [3.63, 3.8) is 0 Å². The van der Waals surface area contributed by atoms with Crippen LogP contribution in [0.5, 0.6) is 0 Å². The first-order valence-corrected chi connectivity index (χ1v) is 9.88. The van der Waals surface area contributed by atoms with Gasteiger partial charge in [-0.25, -0.2) is 8.42 Å². The van der Waals surface area contributed by atoms with E-state index in [2.05, 4.69) is 0 Å². The summed E-state index contributed by atoms with van der Waals surface area (Å²) in [5, 5.41) is 11.7. The van der Waals surface area contributed by atoms with E-state index in [1.54, 1.807) is 6.07 Å². The number of nitrogens with zero attached hydrogens (tertiary/aromatic N) is 3. The highest BCUT2D eigenvalue weighted by Gasteiger charge is 2.32. The summed E-state index contributed by atoms with van der Waals surface area (Å²) in [5.41, 5.74) is 0.838. The van der Waals surface area contributed by atoms with Gasteiger partial charge in [-0.15, -0.1) is 0 Å². The normalized spacial score (nSPS) is 15.8. The van der Waals surface area contributed by atoms with E-state index in [1.165, 1.54) is 29.4 Å². The first-order valence-electron chi connectivity index (χ1n) is 8.06. The molecule has 0 aromatic heterocycles. The molecule has 0 amide bonds. The Morgan fingerprint density at radius 1 is 1.04 bits per heavy atom. The predicted molar refractivity (Wildman–Crippen MR) is 100 cm³/mol. The van der Waals surface area contributed by atoms with Crippen LogP contribution in [0.4, 0.5) is 11.4 Å². The second kappa shape index (κ2) is 7.22. The zero-order valence-corrected chi connectivity index (χ0v) is 15.7. The Labute approximate surface area is 157 Å². The lowest BCUT2D eigenvalue weighted by Gasteiger charge is -2.35. The number of rotatable bonds is 4. The molecule has 1 saturated heterocycles. The van der Waals surface area contributed by atoms with Crippen LogP contribution in [0.3, 0.4) is 0 Å². The van der Waals surface area contributed by atoms with Gasteiger partial charge in [0.15, 0.2) is 0 Å². The quantitative estimate of drug-likeness (QED) is 0.586. The maximum absolute atomic E-state index is 13.0. The molecular formula is C17H18ClN3O4S. The van der Waals surface area contributed by atoms with Crippen molar-refractivity contribution in [2.24, 2.45) is 0 Å². The molecule has 1 heterocycles. The molecular weight excluding hydrogens is 378 g/mol. The van der Waals surface area contributed by atoms with Crippen LogP contribution < -0.4 is 4.90 Å². The van der Waals surface area contributed by atoms with Gasteiger partial charge in [-0.05, 0) is 25.1 Å². The van der Waals surface area contributed by atoms with E-state index in [-0.39, 0.29) is 29.2 Å². The first-order chi connectivity index (χ1) is 12.3. The Morgan fingerprint density at radius 2 is 1.69 bits per heavy atom.